The maximum absolute atomic E-state index is 12.2. The van der Waals surface area contributed by atoms with Gasteiger partial charge in [-0.3, -0.25) is 4.79 Å². The summed E-state index contributed by atoms with van der Waals surface area (Å²) in [5.41, 5.74) is 0. The summed E-state index contributed by atoms with van der Waals surface area (Å²) in [4.78, 5) is 16.2. The molecular weight excluding hydrogens is 262 g/mol. The number of nitrogens with zero attached hydrogens (tertiary/aromatic N) is 1. The van der Waals surface area contributed by atoms with Crippen LogP contribution in [0.25, 0.3) is 6.08 Å². The molecule has 0 radical (unpaired) electrons. The highest BCUT2D eigenvalue weighted by atomic mass is 32.1. The first-order chi connectivity index (χ1) is 9.10. The van der Waals surface area contributed by atoms with Gasteiger partial charge in [0.25, 0.3) is 0 Å². The van der Waals surface area contributed by atoms with Crippen molar-refractivity contribution >= 4 is 23.3 Å². The van der Waals surface area contributed by atoms with E-state index in [1.165, 1.54) is 4.88 Å². The first kappa shape index (κ1) is 14.2. The second-order valence-corrected chi connectivity index (χ2v) is 6.08. The second-order valence-electron chi connectivity index (χ2n) is 4.76. The number of hydrogen-bond acceptors (Lipinski definition) is 4. The number of thiophene rings is 1. The van der Waals surface area contributed by atoms with Crippen LogP contribution in [0.4, 0.5) is 0 Å². The van der Waals surface area contributed by atoms with Gasteiger partial charge in [-0.1, -0.05) is 0 Å². The quantitative estimate of drug-likeness (QED) is 0.858. The third-order valence-corrected chi connectivity index (χ3v) is 4.11. The molecule has 2 heterocycles. The van der Waals surface area contributed by atoms with Gasteiger partial charge < -0.3 is 14.7 Å². The number of aryl methyl sites for hydroxylation is 1. The van der Waals surface area contributed by atoms with Gasteiger partial charge in [0, 0.05) is 22.4 Å². The number of aliphatic hydroxyl groups excluding tert-OH is 1. The van der Waals surface area contributed by atoms with E-state index in [-0.39, 0.29) is 24.7 Å². The minimum atomic E-state index is -0.266. The van der Waals surface area contributed by atoms with E-state index in [0.29, 0.717) is 13.2 Å². The summed E-state index contributed by atoms with van der Waals surface area (Å²) in [7, 11) is 0. The van der Waals surface area contributed by atoms with Crippen molar-refractivity contribution in [1.82, 2.24) is 4.90 Å². The number of aliphatic hydroxyl groups is 1. The van der Waals surface area contributed by atoms with Crippen molar-refractivity contribution in [1.29, 1.82) is 0 Å². The molecule has 2 atom stereocenters. The molecule has 0 bridgehead atoms. The average molecular weight is 281 g/mol. The molecule has 1 fully saturated rings. The lowest BCUT2D eigenvalue weighted by Gasteiger charge is -2.36. The molecule has 1 aromatic rings. The van der Waals surface area contributed by atoms with Crippen LogP contribution in [0.15, 0.2) is 18.2 Å². The van der Waals surface area contributed by atoms with Crippen molar-refractivity contribution in [2.45, 2.75) is 26.0 Å². The van der Waals surface area contributed by atoms with Gasteiger partial charge in [-0.15, -0.1) is 11.3 Å². The van der Waals surface area contributed by atoms with E-state index in [1.54, 1.807) is 22.3 Å². The summed E-state index contributed by atoms with van der Waals surface area (Å²) in [6, 6.07) is 4.09. The zero-order valence-electron chi connectivity index (χ0n) is 11.2. The Morgan fingerprint density at radius 1 is 1.63 bits per heavy atom. The molecule has 2 rings (SSSR count). The molecule has 19 heavy (non-hydrogen) atoms. The lowest BCUT2D eigenvalue weighted by Crippen LogP contribution is -2.51. The van der Waals surface area contributed by atoms with Crippen molar-refractivity contribution < 1.29 is 14.6 Å². The summed E-state index contributed by atoms with van der Waals surface area (Å²) in [6.45, 7) is 4.87. The van der Waals surface area contributed by atoms with Gasteiger partial charge in [0.15, 0.2) is 0 Å². The van der Waals surface area contributed by atoms with Crippen LogP contribution in [0.3, 0.4) is 0 Å². The Bertz CT molecular complexity index is 469. The number of rotatable bonds is 3. The standard InChI is InChI=1S/C14H19NO3S/c1-10-9-18-12(8-16)7-15(10)14(17)6-5-13-4-3-11(2)19-13/h3-6,10,12,16H,7-9H2,1-2H3/b6-5+. The maximum Gasteiger partial charge on any atom is 0.247 e. The molecule has 1 aliphatic rings. The van der Waals surface area contributed by atoms with E-state index in [0.717, 1.165) is 4.88 Å². The number of ether oxygens (including phenoxy) is 1. The molecule has 1 saturated heterocycles. The highest BCUT2D eigenvalue weighted by Crippen LogP contribution is 2.17. The first-order valence-corrected chi connectivity index (χ1v) is 7.19. The fourth-order valence-electron chi connectivity index (χ4n) is 2.03. The van der Waals surface area contributed by atoms with Crippen LogP contribution in [0.2, 0.25) is 0 Å². The monoisotopic (exact) mass is 281 g/mol. The van der Waals surface area contributed by atoms with Crippen LogP contribution < -0.4 is 0 Å². The van der Waals surface area contributed by atoms with Crippen LogP contribution in [0, 0.1) is 6.92 Å². The van der Waals surface area contributed by atoms with Crippen LogP contribution >= 0.6 is 11.3 Å². The molecule has 1 amide bonds. The third-order valence-electron chi connectivity index (χ3n) is 3.14. The van der Waals surface area contributed by atoms with Crippen molar-refractivity contribution in [3.63, 3.8) is 0 Å². The number of carbonyl (C=O) groups excluding carboxylic acids is 1. The average Bonchev–Trinajstić information content (AvgIpc) is 2.82. The minimum absolute atomic E-state index is 0.0275. The van der Waals surface area contributed by atoms with Crippen molar-refractivity contribution in [3.8, 4) is 0 Å². The number of amides is 1. The van der Waals surface area contributed by atoms with E-state index in [2.05, 4.69) is 0 Å². The first-order valence-electron chi connectivity index (χ1n) is 6.37. The lowest BCUT2D eigenvalue weighted by atomic mass is 10.2. The van der Waals surface area contributed by atoms with Crippen molar-refractivity contribution in [2.75, 3.05) is 19.8 Å². The summed E-state index contributed by atoms with van der Waals surface area (Å²) < 4.78 is 5.42. The molecule has 4 nitrogen and oxygen atoms in total. The fraction of sp³-hybridized carbons (Fsp3) is 0.500. The molecule has 0 aliphatic carbocycles. The number of morpholine rings is 1. The van der Waals surface area contributed by atoms with Gasteiger partial charge in [-0.2, -0.15) is 0 Å². The zero-order chi connectivity index (χ0) is 13.8. The van der Waals surface area contributed by atoms with E-state index in [1.807, 2.05) is 32.1 Å². The largest absolute Gasteiger partial charge is 0.394 e. The normalized spacial score (nSPS) is 24.1. The predicted molar refractivity (Wildman–Crippen MR) is 76.1 cm³/mol. The molecule has 1 N–H and O–H groups in total. The Morgan fingerprint density at radius 2 is 2.42 bits per heavy atom. The Morgan fingerprint density at radius 3 is 3.05 bits per heavy atom. The van der Waals surface area contributed by atoms with Gasteiger partial charge in [0.05, 0.1) is 25.4 Å². The van der Waals surface area contributed by atoms with E-state index in [4.69, 9.17) is 9.84 Å². The summed E-state index contributed by atoms with van der Waals surface area (Å²) in [5, 5.41) is 9.11. The molecular formula is C14H19NO3S. The summed E-state index contributed by atoms with van der Waals surface area (Å²) >= 11 is 1.66. The zero-order valence-corrected chi connectivity index (χ0v) is 12.0. The summed E-state index contributed by atoms with van der Waals surface area (Å²) in [6.07, 6.45) is 3.18. The van der Waals surface area contributed by atoms with Gasteiger partial charge in [-0.25, -0.2) is 0 Å². The van der Waals surface area contributed by atoms with E-state index in [9.17, 15) is 4.79 Å². The van der Waals surface area contributed by atoms with Crippen LogP contribution in [-0.4, -0.2) is 47.8 Å². The molecule has 1 aliphatic heterocycles. The SMILES string of the molecule is Cc1ccc(/C=C/C(=O)N2CC(CO)OCC2C)s1. The van der Waals surface area contributed by atoms with Gasteiger partial charge in [0.2, 0.25) is 5.91 Å². The van der Waals surface area contributed by atoms with Gasteiger partial charge in [0.1, 0.15) is 0 Å². The van der Waals surface area contributed by atoms with Crippen LogP contribution in [0.5, 0.6) is 0 Å². The Balaban J connectivity index is 2.00. The van der Waals surface area contributed by atoms with Crippen molar-refractivity contribution in [3.05, 3.63) is 28.0 Å². The molecule has 5 heteroatoms. The van der Waals surface area contributed by atoms with Crippen LogP contribution in [0.1, 0.15) is 16.7 Å². The highest BCUT2D eigenvalue weighted by Gasteiger charge is 2.27. The summed E-state index contributed by atoms with van der Waals surface area (Å²) in [5.74, 6) is -0.0275. The Labute approximate surface area is 117 Å². The smallest absolute Gasteiger partial charge is 0.247 e. The topological polar surface area (TPSA) is 49.8 Å². The Kier molecular flexibility index (Phi) is 4.74. The van der Waals surface area contributed by atoms with Crippen molar-refractivity contribution in [2.24, 2.45) is 0 Å². The molecule has 2 unspecified atom stereocenters. The molecule has 0 spiro atoms. The van der Waals surface area contributed by atoms with E-state index < -0.39 is 0 Å². The second kappa shape index (κ2) is 6.32. The highest BCUT2D eigenvalue weighted by molar-refractivity contribution is 7.12. The van der Waals surface area contributed by atoms with Gasteiger partial charge in [-0.05, 0) is 32.1 Å². The van der Waals surface area contributed by atoms with Crippen LogP contribution in [-0.2, 0) is 9.53 Å². The molecule has 1 aromatic heterocycles. The minimum Gasteiger partial charge on any atom is -0.394 e. The lowest BCUT2D eigenvalue weighted by molar-refractivity contribution is -0.140. The van der Waals surface area contributed by atoms with E-state index >= 15 is 0 Å². The molecule has 0 saturated carbocycles. The fourth-order valence-corrected chi connectivity index (χ4v) is 2.81. The molecule has 104 valence electrons. The Hall–Kier alpha value is -1.17. The number of hydrogen-bond donors (Lipinski definition) is 1. The van der Waals surface area contributed by atoms with Gasteiger partial charge >= 0.3 is 0 Å². The maximum atomic E-state index is 12.2. The molecule has 0 aromatic carbocycles. The number of carbonyl (C=O) groups is 1. The predicted octanol–water partition coefficient (Wildman–Crippen LogP) is 1.68. The third kappa shape index (κ3) is 3.65.